The van der Waals surface area contributed by atoms with Gasteiger partial charge in [0.2, 0.25) is 5.91 Å². The lowest BCUT2D eigenvalue weighted by Gasteiger charge is -2.07. The van der Waals surface area contributed by atoms with Gasteiger partial charge in [-0.3, -0.25) is 9.59 Å². The van der Waals surface area contributed by atoms with E-state index in [2.05, 4.69) is 10.6 Å². The summed E-state index contributed by atoms with van der Waals surface area (Å²) in [6.07, 6.45) is 0.819. The van der Waals surface area contributed by atoms with Crippen LogP contribution in [-0.4, -0.2) is 31.3 Å². The molecular formula is C15H22N2O2. The minimum atomic E-state index is -0.0219. The Balaban J connectivity index is 2.29. The Morgan fingerprint density at radius 3 is 2.53 bits per heavy atom. The zero-order chi connectivity index (χ0) is 14.3. The normalized spacial score (nSPS) is 10.3. The summed E-state index contributed by atoms with van der Waals surface area (Å²) in [7, 11) is 0. The molecule has 0 aromatic heterocycles. The lowest BCUT2D eigenvalue weighted by Crippen LogP contribution is -2.28. The molecule has 0 aliphatic rings. The molecular weight excluding hydrogens is 240 g/mol. The second-order valence-electron chi connectivity index (χ2n) is 4.75. The van der Waals surface area contributed by atoms with Crippen LogP contribution in [0.1, 0.15) is 34.8 Å². The lowest BCUT2D eigenvalue weighted by atomic mass is 10.0. The summed E-state index contributed by atoms with van der Waals surface area (Å²) in [5.41, 5.74) is 2.96. The Morgan fingerprint density at radius 2 is 1.89 bits per heavy atom. The Morgan fingerprint density at radius 1 is 1.16 bits per heavy atom. The fourth-order valence-electron chi connectivity index (χ4n) is 1.90. The third-order valence-corrected chi connectivity index (χ3v) is 2.87. The summed E-state index contributed by atoms with van der Waals surface area (Å²) in [5, 5.41) is 5.82. The second-order valence-corrected chi connectivity index (χ2v) is 4.75. The molecule has 4 nitrogen and oxygen atoms in total. The number of hydrogen-bond donors (Lipinski definition) is 2. The second kappa shape index (κ2) is 7.69. The number of rotatable bonds is 7. The van der Waals surface area contributed by atoms with Crippen molar-refractivity contribution >= 4 is 11.7 Å². The minimum absolute atomic E-state index is 0.0219. The number of benzene rings is 1. The van der Waals surface area contributed by atoms with Gasteiger partial charge in [-0.25, -0.2) is 0 Å². The fourth-order valence-corrected chi connectivity index (χ4v) is 1.90. The van der Waals surface area contributed by atoms with E-state index < -0.39 is 0 Å². The highest BCUT2D eigenvalue weighted by atomic mass is 16.1. The average Bonchev–Trinajstić information content (AvgIpc) is 2.32. The monoisotopic (exact) mass is 262 g/mol. The van der Waals surface area contributed by atoms with Gasteiger partial charge in [0.1, 0.15) is 0 Å². The van der Waals surface area contributed by atoms with Gasteiger partial charge < -0.3 is 10.6 Å². The van der Waals surface area contributed by atoms with E-state index in [9.17, 15) is 9.59 Å². The average molecular weight is 262 g/mol. The Bertz CT molecular complexity index is 455. The molecule has 1 amide bonds. The number of carbonyl (C=O) groups is 2. The van der Waals surface area contributed by atoms with Crippen molar-refractivity contribution in [3.8, 4) is 0 Å². The van der Waals surface area contributed by atoms with Gasteiger partial charge in [0.15, 0.2) is 5.78 Å². The van der Waals surface area contributed by atoms with Crippen LogP contribution in [0.15, 0.2) is 18.2 Å². The van der Waals surface area contributed by atoms with E-state index in [1.54, 1.807) is 0 Å². The van der Waals surface area contributed by atoms with Gasteiger partial charge in [-0.1, -0.05) is 23.8 Å². The van der Waals surface area contributed by atoms with Crippen molar-refractivity contribution in [1.29, 1.82) is 0 Å². The number of Topliss-reactive ketones (excluding diaryl/α,β-unsaturated/α-hetero) is 1. The van der Waals surface area contributed by atoms with E-state index in [4.69, 9.17) is 0 Å². The summed E-state index contributed by atoms with van der Waals surface area (Å²) in [6.45, 7) is 7.16. The van der Waals surface area contributed by atoms with Crippen molar-refractivity contribution in [3.63, 3.8) is 0 Å². The predicted octanol–water partition coefficient (Wildman–Crippen LogP) is 1.60. The standard InChI is InChI=1S/C15H22N2O2/c1-11-5-6-14(12(2)9-11)15(19)10-16-7-4-8-17-13(3)18/h5-6,9,16H,4,7-8,10H2,1-3H3,(H,17,18). The van der Waals surface area contributed by atoms with Gasteiger partial charge >= 0.3 is 0 Å². The van der Waals surface area contributed by atoms with Crippen molar-refractivity contribution < 1.29 is 9.59 Å². The highest BCUT2D eigenvalue weighted by Crippen LogP contribution is 2.10. The maximum atomic E-state index is 12.0. The van der Waals surface area contributed by atoms with E-state index in [-0.39, 0.29) is 11.7 Å². The molecule has 0 bridgehead atoms. The summed E-state index contributed by atoms with van der Waals surface area (Å²) in [4.78, 5) is 22.6. The van der Waals surface area contributed by atoms with Crippen LogP contribution in [0, 0.1) is 13.8 Å². The van der Waals surface area contributed by atoms with Crippen LogP contribution in [0.25, 0.3) is 0 Å². The SMILES string of the molecule is CC(=O)NCCCNCC(=O)c1ccc(C)cc1C. The largest absolute Gasteiger partial charge is 0.356 e. The zero-order valence-electron chi connectivity index (χ0n) is 11.9. The molecule has 2 N–H and O–H groups in total. The fraction of sp³-hybridized carbons (Fsp3) is 0.467. The molecule has 0 aliphatic heterocycles. The molecule has 1 aromatic rings. The third kappa shape index (κ3) is 5.66. The molecule has 0 radical (unpaired) electrons. The Labute approximate surface area is 114 Å². The topological polar surface area (TPSA) is 58.2 Å². The summed E-state index contributed by atoms with van der Waals surface area (Å²) in [5.74, 6) is 0.0865. The molecule has 0 aliphatic carbocycles. The zero-order valence-corrected chi connectivity index (χ0v) is 11.9. The van der Waals surface area contributed by atoms with Crippen molar-refractivity contribution in [2.45, 2.75) is 27.2 Å². The van der Waals surface area contributed by atoms with Gasteiger partial charge in [0.05, 0.1) is 6.54 Å². The number of aryl methyl sites for hydroxylation is 2. The van der Waals surface area contributed by atoms with Crippen LogP contribution < -0.4 is 10.6 Å². The number of amides is 1. The molecule has 0 fully saturated rings. The van der Waals surface area contributed by atoms with Crippen LogP contribution in [0.2, 0.25) is 0 Å². The molecule has 0 saturated heterocycles. The van der Waals surface area contributed by atoms with Crippen molar-refractivity contribution in [1.82, 2.24) is 10.6 Å². The number of nitrogens with one attached hydrogen (secondary N) is 2. The van der Waals surface area contributed by atoms with E-state index in [0.29, 0.717) is 13.1 Å². The molecule has 19 heavy (non-hydrogen) atoms. The first kappa shape index (κ1) is 15.4. The van der Waals surface area contributed by atoms with Gasteiger partial charge in [0.25, 0.3) is 0 Å². The maximum Gasteiger partial charge on any atom is 0.216 e. The highest BCUT2D eigenvalue weighted by Gasteiger charge is 2.08. The number of hydrogen-bond acceptors (Lipinski definition) is 3. The molecule has 1 aromatic carbocycles. The first-order chi connectivity index (χ1) is 9.00. The molecule has 0 heterocycles. The molecule has 0 saturated carbocycles. The van der Waals surface area contributed by atoms with Crippen LogP contribution in [-0.2, 0) is 4.79 Å². The molecule has 1 rings (SSSR count). The minimum Gasteiger partial charge on any atom is -0.356 e. The van der Waals surface area contributed by atoms with Gasteiger partial charge in [0, 0.05) is 19.0 Å². The van der Waals surface area contributed by atoms with Gasteiger partial charge in [-0.05, 0) is 32.4 Å². The van der Waals surface area contributed by atoms with Crippen LogP contribution in [0.3, 0.4) is 0 Å². The van der Waals surface area contributed by atoms with Crippen molar-refractivity contribution in [2.75, 3.05) is 19.6 Å². The van der Waals surface area contributed by atoms with E-state index in [0.717, 1.165) is 29.7 Å². The summed E-state index contributed by atoms with van der Waals surface area (Å²) >= 11 is 0. The van der Waals surface area contributed by atoms with E-state index in [1.807, 2.05) is 32.0 Å². The quantitative estimate of drug-likeness (QED) is 0.579. The predicted molar refractivity (Wildman–Crippen MR) is 76.4 cm³/mol. The molecule has 4 heteroatoms. The smallest absolute Gasteiger partial charge is 0.216 e. The van der Waals surface area contributed by atoms with Gasteiger partial charge in [-0.2, -0.15) is 0 Å². The van der Waals surface area contributed by atoms with E-state index >= 15 is 0 Å². The van der Waals surface area contributed by atoms with Crippen molar-refractivity contribution in [2.24, 2.45) is 0 Å². The van der Waals surface area contributed by atoms with Crippen molar-refractivity contribution in [3.05, 3.63) is 34.9 Å². The van der Waals surface area contributed by atoms with Crippen LogP contribution >= 0.6 is 0 Å². The number of ketones is 1. The first-order valence-corrected chi connectivity index (χ1v) is 6.56. The highest BCUT2D eigenvalue weighted by molar-refractivity contribution is 5.98. The Hall–Kier alpha value is -1.68. The maximum absolute atomic E-state index is 12.0. The molecule has 104 valence electrons. The van der Waals surface area contributed by atoms with Crippen LogP contribution in [0.5, 0.6) is 0 Å². The molecule has 0 unspecified atom stereocenters. The Kier molecular flexibility index (Phi) is 6.22. The first-order valence-electron chi connectivity index (χ1n) is 6.56. The number of carbonyl (C=O) groups excluding carboxylic acids is 2. The van der Waals surface area contributed by atoms with Gasteiger partial charge in [-0.15, -0.1) is 0 Å². The molecule has 0 atom stereocenters. The van der Waals surface area contributed by atoms with E-state index in [1.165, 1.54) is 6.92 Å². The third-order valence-electron chi connectivity index (χ3n) is 2.87. The lowest BCUT2D eigenvalue weighted by molar-refractivity contribution is -0.118. The summed E-state index contributed by atoms with van der Waals surface area (Å²) < 4.78 is 0. The molecule has 0 spiro atoms. The summed E-state index contributed by atoms with van der Waals surface area (Å²) in [6, 6.07) is 5.85. The van der Waals surface area contributed by atoms with Crippen LogP contribution in [0.4, 0.5) is 0 Å².